The van der Waals surface area contributed by atoms with Gasteiger partial charge in [-0.25, -0.2) is 24.3 Å². The highest BCUT2D eigenvalue weighted by Gasteiger charge is 2.74. The summed E-state index contributed by atoms with van der Waals surface area (Å²) in [6, 6.07) is 8.50. The summed E-state index contributed by atoms with van der Waals surface area (Å²) in [6.07, 6.45) is -25.9. The number of benzene rings is 6. The Morgan fingerprint density at radius 3 is 1.02 bits per heavy atom. The Morgan fingerprint density at radius 2 is 0.685 bits per heavy atom. The van der Waals surface area contributed by atoms with E-state index in [9.17, 15) is 53.1 Å². The summed E-state index contributed by atoms with van der Waals surface area (Å²) in [5.41, 5.74) is -27.5. The Bertz CT molecular complexity index is 4130. The molecular weight excluding hydrogens is 1220 g/mol. The number of halogens is 12. The van der Waals surface area contributed by atoms with Crippen molar-refractivity contribution in [2.45, 2.75) is 55.3 Å². The third-order valence-corrected chi connectivity index (χ3v) is 15.1. The number of rotatable bonds is 15. The molecule has 10 rings (SSSR count). The number of carbonyl (C=O) groups excluding carboxylic acids is 10. The van der Waals surface area contributed by atoms with Crippen LogP contribution in [0, 0.1) is 6.92 Å². The molecule has 4 aliphatic rings. The fourth-order valence-electron chi connectivity index (χ4n) is 11.1. The van der Waals surface area contributed by atoms with Crippen molar-refractivity contribution < 1.29 is 120 Å². The van der Waals surface area contributed by atoms with Crippen molar-refractivity contribution in [2.75, 3.05) is 41.1 Å². The van der Waals surface area contributed by atoms with E-state index in [0.29, 0.717) is 47.4 Å². The summed E-state index contributed by atoms with van der Waals surface area (Å²) >= 11 is 0. The quantitative estimate of drug-likeness (QED) is 0.0375. The van der Waals surface area contributed by atoms with Gasteiger partial charge in [0.2, 0.25) is 10.8 Å². The normalized spacial score (nSPS) is 15.2. The first kappa shape index (κ1) is 62.0. The van der Waals surface area contributed by atoms with Crippen molar-refractivity contribution in [2.24, 2.45) is 0 Å². The molecule has 0 aromatic heterocycles. The van der Waals surface area contributed by atoms with Gasteiger partial charge in [0.1, 0.15) is 0 Å². The smallest absolute Gasteiger partial charge is 0.411 e. The number of aliphatic hydroxyl groups is 2. The molecule has 0 fully saturated rings. The number of hydrogen-bond donors (Lipinski definition) is 3. The Hall–Kier alpha value is -10.1. The molecule has 4 heterocycles. The molecule has 6 aromatic rings. The maximum atomic E-state index is 15.8. The minimum atomic E-state index is -6.47. The third kappa shape index (κ3) is 9.63. The molecular formula is C59H36F12N4O14. The van der Waals surface area contributed by atoms with Crippen molar-refractivity contribution in [3.8, 4) is 0 Å². The van der Waals surface area contributed by atoms with Crippen LogP contribution in [0.15, 0.2) is 109 Å². The topological polar surface area (TPSA) is 251 Å². The minimum absolute atomic E-state index is 0.0309. The first-order valence-electron chi connectivity index (χ1n) is 25.9. The zero-order chi connectivity index (χ0) is 65.0. The summed E-state index contributed by atoms with van der Waals surface area (Å²) in [6.45, 7) is -0.339. The molecule has 4 aliphatic heterocycles. The molecule has 460 valence electrons. The van der Waals surface area contributed by atoms with Crippen molar-refractivity contribution >= 4 is 76.3 Å². The predicted octanol–water partition coefficient (Wildman–Crippen LogP) is 9.18. The number of nitrogens with one attached hydrogen (secondary N) is 1. The molecule has 18 nitrogen and oxygen atoms in total. The lowest BCUT2D eigenvalue weighted by molar-refractivity contribution is -0.290. The summed E-state index contributed by atoms with van der Waals surface area (Å²) < 4.78 is 197. The molecule has 0 bridgehead atoms. The Kier molecular flexibility index (Phi) is 15.1. The zero-order valence-electron chi connectivity index (χ0n) is 44.8. The number of hydrogen-bond acceptors (Lipinski definition) is 14. The molecule has 0 spiro atoms. The van der Waals surface area contributed by atoms with Gasteiger partial charge < -0.3 is 19.7 Å². The third-order valence-electron chi connectivity index (χ3n) is 15.1. The highest BCUT2D eigenvalue weighted by Crippen LogP contribution is 2.59. The van der Waals surface area contributed by atoms with E-state index in [4.69, 9.17) is 14.6 Å². The van der Waals surface area contributed by atoms with E-state index in [2.05, 4.69) is 0 Å². The number of anilines is 3. The van der Waals surface area contributed by atoms with Crippen LogP contribution in [-0.2, 0) is 20.3 Å². The minimum Gasteiger partial charge on any atom is -0.462 e. The second kappa shape index (κ2) is 21.6. The molecule has 0 saturated carbocycles. The first-order chi connectivity index (χ1) is 41.7. The Labute approximate surface area is 489 Å². The second-order valence-electron chi connectivity index (χ2n) is 20.4. The fourth-order valence-corrected chi connectivity index (χ4v) is 11.1. The van der Waals surface area contributed by atoms with Crippen molar-refractivity contribution in [3.63, 3.8) is 0 Å². The molecule has 30 heteroatoms. The van der Waals surface area contributed by atoms with Crippen LogP contribution < -0.4 is 20.0 Å². The summed E-state index contributed by atoms with van der Waals surface area (Å²) in [4.78, 5) is 137. The van der Waals surface area contributed by atoms with E-state index in [0.717, 1.165) is 6.07 Å². The predicted molar refractivity (Wildman–Crippen MR) is 278 cm³/mol. The van der Waals surface area contributed by atoms with Crippen LogP contribution >= 0.6 is 0 Å². The van der Waals surface area contributed by atoms with Gasteiger partial charge in [0.05, 0.1) is 85.9 Å². The van der Waals surface area contributed by atoms with Crippen molar-refractivity contribution in [3.05, 3.63) is 193 Å². The summed E-state index contributed by atoms with van der Waals surface area (Å²) in [7, 11) is 0. The van der Waals surface area contributed by atoms with Crippen LogP contribution in [0.2, 0.25) is 0 Å². The Balaban J connectivity index is 1.04. The maximum absolute atomic E-state index is 15.8. The van der Waals surface area contributed by atoms with Gasteiger partial charge in [0, 0.05) is 26.1 Å². The van der Waals surface area contributed by atoms with Crippen LogP contribution in [0.25, 0.3) is 0 Å². The van der Waals surface area contributed by atoms with E-state index in [-0.39, 0.29) is 101 Å². The van der Waals surface area contributed by atoms with Crippen molar-refractivity contribution in [1.29, 1.82) is 0 Å². The molecule has 0 radical (unpaired) electrons. The average molecular weight is 1250 g/mol. The number of carbonyl (C=O) groups is 10. The van der Waals surface area contributed by atoms with Crippen LogP contribution in [0.5, 0.6) is 0 Å². The van der Waals surface area contributed by atoms with Gasteiger partial charge in [-0.05, 0) is 120 Å². The number of ether oxygens (including phenoxy) is 2. The molecule has 0 aliphatic carbocycles. The molecule has 0 atom stereocenters. The first-order valence-corrected chi connectivity index (χ1v) is 25.9. The van der Waals surface area contributed by atoms with Gasteiger partial charge in [0.25, 0.3) is 47.3 Å². The van der Waals surface area contributed by atoms with Crippen LogP contribution in [0.3, 0.4) is 0 Å². The molecule has 89 heavy (non-hydrogen) atoms. The number of esters is 2. The summed E-state index contributed by atoms with van der Waals surface area (Å²) in [5, 5.41) is 20.1. The molecule has 0 saturated heterocycles. The standard InChI is InChI=1S/C59H36F12N4O14/c1-26-16-27(52(86)88-14-2-12-76)18-33(17-26)73-46(80)37-9-6-31(23-41(37)49(73)83)55(58(66,67)68,59(69,70)71)32-7-11-39-43(24-32)51(85)75(48(39)82)35-20-28(53(87)89-15-3-13-77)19-34(25-35)74-47(81)38-10-5-30(22-42(38)50(74)84)54(56(60,61)62,57(63,64)65)29-4-8-36-40(21-29)45(79)72-44(36)78/h4-11,16-25,76-77H,2-3,12-15H2,1H3,(H,72,78,79). The van der Waals surface area contributed by atoms with E-state index < -0.39 is 192 Å². The molecule has 6 aromatic carbocycles. The molecule has 0 unspecified atom stereocenters. The number of imide groups is 4. The molecule has 8 amide bonds. The van der Waals surface area contributed by atoms with E-state index in [1.54, 1.807) is 5.32 Å². The largest absolute Gasteiger partial charge is 0.462 e. The number of aryl methyl sites for hydroxylation is 1. The van der Waals surface area contributed by atoms with Crippen LogP contribution in [-0.4, -0.2) is 121 Å². The number of aliphatic hydroxyl groups excluding tert-OH is 2. The Morgan fingerprint density at radius 1 is 0.393 bits per heavy atom. The van der Waals surface area contributed by atoms with Gasteiger partial charge in [-0.1, -0.05) is 24.3 Å². The van der Waals surface area contributed by atoms with Crippen molar-refractivity contribution in [1.82, 2.24) is 5.32 Å². The monoisotopic (exact) mass is 1250 g/mol. The summed E-state index contributed by atoms with van der Waals surface area (Å²) in [5.74, 6) is -14.1. The van der Waals surface area contributed by atoms with Gasteiger partial charge in [-0.15, -0.1) is 0 Å². The fraction of sp³-hybridized carbons (Fsp3) is 0.220. The van der Waals surface area contributed by atoms with Gasteiger partial charge >= 0.3 is 36.6 Å². The SMILES string of the molecule is Cc1cc(C(=O)OCCCO)cc(N2C(=O)c3ccc(C(c4ccc5c(c4)C(=O)N(c4cc(C(=O)OCCCO)cc(N6C(=O)c7ccc(C(c8ccc9c(c8)C(=O)NC9=O)(C(F)(F)F)C(F)(F)F)cc7C6=O)c4)C5=O)(C(F)(F)F)C(F)(F)F)cc3C2=O)c1. The lowest BCUT2D eigenvalue weighted by Gasteiger charge is -2.38. The zero-order valence-corrected chi connectivity index (χ0v) is 44.8. The van der Waals surface area contributed by atoms with Crippen LogP contribution in [0.1, 0.15) is 144 Å². The number of nitrogens with zero attached hydrogens (tertiary/aromatic N) is 3. The lowest BCUT2D eigenvalue weighted by Crippen LogP contribution is -2.55. The highest BCUT2D eigenvalue weighted by molar-refractivity contribution is 6.37. The number of amides is 8. The lowest BCUT2D eigenvalue weighted by atomic mass is 9.71. The number of fused-ring (bicyclic) bond motifs is 4. The highest BCUT2D eigenvalue weighted by atomic mass is 19.4. The second-order valence-corrected chi connectivity index (χ2v) is 20.4. The molecule has 3 N–H and O–H groups in total. The van der Waals surface area contributed by atoms with Gasteiger partial charge in [0.15, 0.2) is 0 Å². The maximum Gasteiger partial charge on any atom is 0.411 e. The van der Waals surface area contributed by atoms with E-state index >= 15 is 52.7 Å². The van der Waals surface area contributed by atoms with Gasteiger partial charge in [-0.2, -0.15) is 52.7 Å². The van der Waals surface area contributed by atoms with Crippen LogP contribution in [0.4, 0.5) is 69.7 Å². The number of alkyl halides is 12. The van der Waals surface area contributed by atoms with E-state index in [1.165, 1.54) is 19.1 Å². The van der Waals surface area contributed by atoms with Gasteiger partial charge in [-0.3, -0.25) is 43.7 Å². The van der Waals surface area contributed by atoms with E-state index in [1.807, 2.05) is 0 Å². The average Bonchev–Trinajstić information content (AvgIpc) is 1.40.